The lowest BCUT2D eigenvalue weighted by molar-refractivity contribution is -0.153. The average molecular weight is 727 g/mol. The zero-order valence-electron chi connectivity index (χ0n) is 32.5. The van der Waals surface area contributed by atoms with Gasteiger partial charge in [-0.2, -0.15) is 0 Å². The maximum absolute atomic E-state index is 14.2. The van der Waals surface area contributed by atoms with Gasteiger partial charge in [0, 0.05) is 23.0 Å². The SMILES string of the molecule is COC(=O)C1Cc2c([nH]c3ccc(-c4ccc(OC(C)(C)C)cc4)cc23)C(c2ccc(-c3ccc(OC(C)(C)C)cc3)cc2)N1C(=O)C#C[Si](C)(C)C. The van der Waals surface area contributed by atoms with Gasteiger partial charge in [-0.3, -0.25) is 4.79 Å². The Balaban J connectivity index is 1.45. The average Bonchev–Trinajstić information content (AvgIpc) is 3.46. The zero-order chi connectivity index (χ0) is 38.3. The van der Waals surface area contributed by atoms with E-state index >= 15 is 0 Å². The van der Waals surface area contributed by atoms with Crippen LogP contribution in [0.3, 0.4) is 0 Å². The first-order valence-electron chi connectivity index (χ1n) is 18.2. The fourth-order valence-corrected chi connectivity index (χ4v) is 7.21. The Labute approximate surface area is 314 Å². The molecule has 2 unspecified atom stereocenters. The number of fused-ring (bicyclic) bond motifs is 3. The lowest BCUT2D eigenvalue weighted by Gasteiger charge is -2.40. The van der Waals surface area contributed by atoms with Gasteiger partial charge in [0.2, 0.25) is 0 Å². The second-order valence-electron chi connectivity index (χ2n) is 16.7. The second-order valence-corrected chi connectivity index (χ2v) is 21.5. The predicted octanol–water partition coefficient (Wildman–Crippen LogP) is 9.75. The van der Waals surface area contributed by atoms with Crippen molar-refractivity contribution >= 4 is 30.9 Å². The van der Waals surface area contributed by atoms with E-state index in [2.05, 4.69) is 78.6 Å². The van der Waals surface area contributed by atoms with Gasteiger partial charge in [0.25, 0.3) is 5.91 Å². The molecule has 5 aromatic rings. The number of rotatable bonds is 6. The standard InChI is InChI=1S/C45H50N2O5Si/c1-44(2,3)51-34-20-15-30(16-21-34)29-11-13-32(14-12-29)42-41-37(28-39(43(49)50-7)47(42)40(48)25-26-53(8,9)10)36-27-33(19-24-38(36)46-41)31-17-22-35(23-18-31)52-45(4,5)6/h11-24,27,39,42,46H,28H2,1-10H3. The number of H-pyrrole nitrogens is 1. The Morgan fingerprint density at radius 1 is 0.736 bits per heavy atom. The molecule has 53 heavy (non-hydrogen) atoms. The van der Waals surface area contributed by atoms with Crippen LogP contribution in [0.5, 0.6) is 11.5 Å². The quantitative estimate of drug-likeness (QED) is 0.107. The number of ether oxygens (including phenoxy) is 3. The van der Waals surface area contributed by atoms with Crippen LogP contribution >= 0.6 is 0 Å². The Hall–Kier alpha value is -5.26. The molecule has 274 valence electrons. The van der Waals surface area contributed by atoms with Crippen LogP contribution in [-0.4, -0.2) is 54.2 Å². The molecule has 0 fully saturated rings. The van der Waals surface area contributed by atoms with E-state index < -0.39 is 32.0 Å². The van der Waals surface area contributed by atoms with E-state index in [4.69, 9.17) is 14.2 Å². The molecule has 2 heterocycles. The Bertz CT molecular complexity index is 2190. The molecule has 4 aromatic carbocycles. The number of hydrogen-bond donors (Lipinski definition) is 1. The third-order valence-electron chi connectivity index (χ3n) is 8.93. The number of aromatic nitrogens is 1. The largest absolute Gasteiger partial charge is 0.488 e. The number of benzene rings is 4. The van der Waals surface area contributed by atoms with Gasteiger partial charge in [-0.1, -0.05) is 74.2 Å². The van der Waals surface area contributed by atoms with Gasteiger partial charge in [0.05, 0.1) is 13.2 Å². The molecule has 0 saturated heterocycles. The fraction of sp³-hybridized carbons (Fsp3) is 0.333. The molecule has 0 aliphatic carbocycles. The maximum atomic E-state index is 14.2. The normalized spacial score (nSPS) is 16.0. The van der Waals surface area contributed by atoms with E-state index in [1.807, 2.05) is 90.1 Å². The molecule has 0 bridgehead atoms. The highest BCUT2D eigenvalue weighted by Crippen LogP contribution is 2.43. The molecule has 1 aromatic heterocycles. The summed E-state index contributed by atoms with van der Waals surface area (Å²) in [5, 5.41) is 1.00. The molecule has 1 aliphatic rings. The highest BCUT2D eigenvalue weighted by molar-refractivity contribution is 6.84. The van der Waals surface area contributed by atoms with Gasteiger partial charge in [0.15, 0.2) is 0 Å². The van der Waals surface area contributed by atoms with Gasteiger partial charge in [-0.25, -0.2) is 4.79 Å². The number of carbonyl (C=O) groups excluding carboxylic acids is 2. The molecule has 1 N–H and O–H groups in total. The van der Waals surface area contributed by atoms with Crippen molar-refractivity contribution in [2.24, 2.45) is 0 Å². The van der Waals surface area contributed by atoms with Gasteiger partial charge in [-0.05, 0) is 117 Å². The molecule has 0 radical (unpaired) electrons. The molecular weight excluding hydrogens is 677 g/mol. The molecular formula is C45H50N2O5Si. The zero-order valence-corrected chi connectivity index (χ0v) is 33.5. The minimum atomic E-state index is -1.91. The fourth-order valence-electron chi connectivity index (χ4n) is 6.73. The first-order valence-corrected chi connectivity index (χ1v) is 21.7. The van der Waals surface area contributed by atoms with Crippen LogP contribution in [-0.2, 0) is 20.7 Å². The van der Waals surface area contributed by atoms with Crippen molar-refractivity contribution in [2.75, 3.05) is 7.11 Å². The number of amides is 1. The first-order chi connectivity index (χ1) is 24.9. The van der Waals surface area contributed by atoms with Gasteiger partial charge in [-0.15, -0.1) is 5.54 Å². The van der Waals surface area contributed by atoms with Crippen LogP contribution in [0.15, 0.2) is 91.0 Å². The molecule has 6 rings (SSSR count). The Morgan fingerprint density at radius 3 is 1.72 bits per heavy atom. The van der Waals surface area contributed by atoms with Crippen LogP contribution in [0.1, 0.15) is 64.4 Å². The van der Waals surface area contributed by atoms with E-state index in [0.717, 1.165) is 61.5 Å². The van der Waals surface area contributed by atoms with Crippen molar-refractivity contribution < 1.29 is 23.8 Å². The smallest absolute Gasteiger partial charge is 0.328 e. The molecule has 1 aliphatic heterocycles. The summed E-state index contributed by atoms with van der Waals surface area (Å²) in [5.74, 6) is 3.68. The van der Waals surface area contributed by atoms with Gasteiger partial charge < -0.3 is 24.1 Å². The van der Waals surface area contributed by atoms with E-state index in [1.165, 1.54) is 7.11 Å². The summed E-state index contributed by atoms with van der Waals surface area (Å²) in [6.07, 6.45) is 0.293. The van der Waals surface area contributed by atoms with Crippen molar-refractivity contribution in [3.63, 3.8) is 0 Å². The number of hydrogen-bond acceptors (Lipinski definition) is 5. The lowest BCUT2D eigenvalue weighted by atomic mass is 9.87. The molecule has 7 nitrogen and oxygen atoms in total. The molecule has 1 amide bonds. The van der Waals surface area contributed by atoms with Crippen molar-refractivity contribution in [3.8, 4) is 45.2 Å². The molecule has 8 heteroatoms. The highest BCUT2D eigenvalue weighted by atomic mass is 28.3. The highest BCUT2D eigenvalue weighted by Gasteiger charge is 2.44. The predicted molar refractivity (Wildman–Crippen MR) is 216 cm³/mol. The van der Waals surface area contributed by atoms with E-state index in [1.54, 1.807) is 4.90 Å². The number of nitrogens with one attached hydrogen (secondary N) is 1. The molecule has 0 spiro atoms. The van der Waals surface area contributed by atoms with Crippen molar-refractivity contribution in [1.82, 2.24) is 9.88 Å². The Morgan fingerprint density at radius 2 is 1.23 bits per heavy atom. The van der Waals surface area contributed by atoms with Crippen LogP contribution in [0, 0.1) is 11.5 Å². The Kier molecular flexibility index (Phi) is 10.1. The number of nitrogens with zero attached hydrogens (tertiary/aromatic N) is 1. The third kappa shape index (κ3) is 8.69. The monoisotopic (exact) mass is 726 g/mol. The number of carbonyl (C=O) groups is 2. The van der Waals surface area contributed by atoms with E-state index in [0.29, 0.717) is 6.42 Å². The van der Waals surface area contributed by atoms with Crippen molar-refractivity contribution in [3.05, 3.63) is 108 Å². The summed E-state index contributed by atoms with van der Waals surface area (Å²) in [6, 6.07) is 29.2. The van der Waals surface area contributed by atoms with Crippen molar-refractivity contribution in [2.45, 2.75) is 90.9 Å². The molecule has 2 atom stereocenters. The van der Waals surface area contributed by atoms with Crippen LogP contribution in [0.2, 0.25) is 19.6 Å². The molecule has 0 saturated carbocycles. The second kappa shape index (κ2) is 14.3. The maximum Gasteiger partial charge on any atom is 0.328 e. The number of esters is 1. The summed E-state index contributed by atoms with van der Waals surface area (Å²) < 4.78 is 17.4. The summed E-state index contributed by atoms with van der Waals surface area (Å²) in [7, 11) is -0.535. The number of methoxy groups -OCH3 is 1. The van der Waals surface area contributed by atoms with Gasteiger partial charge >= 0.3 is 5.97 Å². The van der Waals surface area contributed by atoms with Crippen LogP contribution in [0.25, 0.3) is 33.2 Å². The topological polar surface area (TPSA) is 80.9 Å². The first kappa shape index (κ1) is 37.5. The van der Waals surface area contributed by atoms with Gasteiger partial charge in [0.1, 0.15) is 36.8 Å². The van der Waals surface area contributed by atoms with Crippen molar-refractivity contribution in [1.29, 1.82) is 0 Å². The number of aromatic amines is 1. The minimum Gasteiger partial charge on any atom is -0.488 e. The summed E-state index contributed by atoms with van der Waals surface area (Å²) in [4.78, 5) is 33.1. The van der Waals surface area contributed by atoms with Crippen LogP contribution in [0.4, 0.5) is 0 Å². The summed E-state index contributed by atoms with van der Waals surface area (Å²) in [6.45, 7) is 18.5. The van der Waals surface area contributed by atoms with E-state index in [9.17, 15) is 9.59 Å². The minimum absolute atomic E-state index is 0.288. The summed E-state index contributed by atoms with van der Waals surface area (Å²) in [5.41, 5.74) is 10.4. The van der Waals surface area contributed by atoms with E-state index in [-0.39, 0.29) is 11.2 Å². The lowest BCUT2D eigenvalue weighted by Crippen LogP contribution is -2.51. The third-order valence-corrected chi connectivity index (χ3v) is 9.80. The summed E-state index contributed by atoms with van der Waals surface area (Å²) >= 11 is 0. The van der Waals surface area contributed by atoms with Crippen LogP contribution < -0.4 is 9.47 Å².